The first kappa shape index (κ1) is 16.8. The van der Waals surface area contributed by atoms with Gasteiger partial charge in [0.05, 0.1) is 23.0 Å². The van der Waals surface area contributed by atoms with E-state index >= 15 is 0 Å². The maximum Gasteiger partial charge on any atom is 0.309 e. The molecule has 0 radical (unpaired) electrons. The summed E-state index contributed by atoms with van der Waals surface area (Å²) in [5, 5.41) is 19.3. The molecule has 1 N–H and O–H groups in total. The monoisotopic (exact) mass is 303 g/mol. The first-order valence-corrected chi connectivity index (χ1v) is 6.15. The molecule has 0 aliphatic rings. The third-order valence-corrected chi connectivity index (χ3v) is 2.98. The molecule has 0 bridgehead atoms. The largest absolute Gasteiger partial charge is 0.490 e. The number of halogens is 2. The van der Waals surface area contributed by atoms with Gasteiger partial charge in [-0.3, -0.25) is 14.9 Å². The van der Waals surface area contributed by atoms with Crippen molar-refractivity contribution in [1.29, 1.82) is 0 Å². The molecule has 0 heterocycles. The summed E-state index contributed by atoms with van der Waals surface area (Å²) in [6.07, 6.45) is 0.608. The van der Waals surface area contributed by atoms with E-state index in [2.05, 4.69) is 0 Å². The minimum Gasteiger partial charge on any atom is -0.490 e. The SMILES string of the molecule is CC(C)(CCCOc1cc(F)c([N+](=O)[O-])cc1F)C(=O)O. The highest BCUT2D eigenvalue weighted by Crippen LogP contribution is 2.27. The Labute approximate surface area is 119 Å². The fraction of sp³-hybridized carbons (Fsp3) is 0.462. The molecule has 1 aromatic carbocycles. The number of ether oxygens (including phenoxy) is 1. The van der Waals surface area contributed by atoms with Crippen molar-refractivity contribution >= 4 is 11.7 Å². The molecule has 8 heteroatoms. The zero-order valence-electron chi connectivity index (χ0n) is 11.6. The zero-order valence-corrected chi connectivity index (χ0v) is 11.6. The molecule has 0 aliphatic carbocycles. The highest BCUT2D eigenvalue weighted by molar-refractivity contribution is 5.73. The third kappa shape index (κ3) is 4.37. The Morgan fingerprint density at radius 3 is 2.52 bits per heavy atom. The highest BCUT2D eigenvalue weighted by atomic mass is 19.1. The van der Waals surface area contributed by atoms with Gasteiger partial charge in [-0.2, -0.15) is 4.39 Å². The molecule has 0 unspecified atom stereocenters. The van der Waals surface area contributed by atoms with E-state index in [1.807, 2.05) is 0 Å². The predicted molar refractivity (Wildman–Crippen MR) is 69.2 cm³/mol. The predicted octanol–water partition coefficient (Wildman–Crippen LogP) is 3.14. The van der Waals surface area contributed by atoms with E-state index in [-0.39, 0.29) is 6.61 Å². The summed E-state index contributed by atoms with van der Waals surface area (Å²) < 4.78 is 31.8. The van der Waals surface area contributed by atoms with Crippen LogP contribution in [0, 0.1) is 27.2 Å². The molecule has 116 valence electrons. The van der Waals surface area contributed by atoms with Gasteiger partial charge in [0.2, 0.25) is 5.82 Å². The number of carbonyl (C=O) groups is 1. The lowest BCUT2D eigenvalue weighted by atomic mass is 9.88. The molecular formula is C13H15F2NO5. The van der Waals surface area contributed by atoms with Gasteiger partial charge in [0.1, 0.15) is 0 Å². The minimum atomic E-state index is -1.19. The van der Waals surface area contributed by atoms with Crippen LogP contribution in [0.1, 0.15) is 26.7 Å². The van der Waals surface area contributed by atoms with Crippen LogP contribution < -0.4 is 4.74 Å². The lowest BCUT2D eigenvalue weighted by molar-refractivity contribution is -0.387. The first-order chi connectivity index (χ1) is 9.65. The molecule has 0 spiro atoms. The molecule has 0 amide bonds. The van der Waals surface area contributed by atoms with Crippen LogP contribution in [0.3, 0.4) is 0 Å². The Morgan fingerprint density at radius 2 is 2.00 bits per heavy atom. The standard InChI is InChI=1S/C13H15F2NO5/c1-13(2,12(17)18)4-3-5-21-11-7-8(14)10(16(19)20)6-9(11)15/h6-7H,3-5H2,1-2H3,(H,17,18). The number of hydrogen-bond donors (Lipinski definition) is 1. The smallest absolute Gasteiger partial charge is 0.309 e. The highest BCUT2D eigenvalue weighted by Gasteiger charge is 2.26. The second-order valence-corrected chi connectivity index (χ2v) is 5.13. The Kier molecular flexibility index (Phi) is 5.17. The molecule has 21 heavy (non-hydrogen) atoms. The van der Waals surface area contributed by atoms with Crippen molar-refractivity contribution in [2.75, 3.05) is 6.61 Å². The summed E-state index contributed by atoms with van der Waals surface area (Å²) in [4.78, 5) is 20.3. The van der Waals surface area contributed by atoms with Crippen LogP contribution in [0.25, 0.3) is 0 Å². The van der Waals surface area contributed by atoms with Gasteiger partial charge in [-0.1, -0.05) is 0 Å². The van der Waals surface area contributed by atoms with Gasteiger partial charge in [0, 0.05) is 6.07 Å². The summed E-state index contributed by atoms with van der Waals surface area (Å²) in [6.45, 7) is 3.06. The number of hydrogen-bond acceptors (Lipinski definition) is 4. The van der Waals surface area contributed by atoms with E-state index in [0.717, 1.165) is 0 Å². The van der Waals surface area contributed by atoms with Gasteiger partial charge in [-0.25, -0.2) is 4.39 Å². The lowest BCUT2D eigenvalue weighted by Gasteiger charge is -2.18. The van der Waals surface area contributed by atoms with Crippen molar-refractivity contribution < 1.29 is 28.3 Å². The molecule has 1 rings (SSSR count). The molecule has 0 fully saturated rings. The average molecular weight is 303 g/mol. The second kappa shape index (κ2) is 6.47. The molecule has 0 atom stereocenters. The van der Waals surface area contributed by atoms with Crippen molar-refractivity contribution in [3.8, 4) is 5.75 Å². The van der Waals surface area contributed by atoms with Gasteiger partial charge in [0.25, 0.3) is 0 Å². The van der Waals surface area contributed by atoms with Crippen LogP contribution in [-0.2, 0) is 4.79 Å². The van der Waals surface area contributed by atoms with E-state index in [1.165, 1.54) is 0 Å². The van der Waals surface area contributed by atoms with Crippen molar-refractivity contribution in [1.82, 2.24) is 0 Å². The number of benzene rings is 1. The molecule has 0 aromatic heterocycles. The van der Waals surface area contributed by atoms with Crippen molar-refractivity contribution in [3.05, 3.63) is 33.9 Å². The van der Waals surface area contributed by atoms with Gasteiger partial charge >= 0.3 is 11.7 Å². The summed E-state index contributed by atoms with van der Waals surface area (Å²) in [7, 11) is 0. The molecule has 1 aromatic rings. The number of aliphatic carboxylic acids is 1. The lowest BCUT2D eigenvalue weighted by Crippen LogP contribution is -2.24. The van der Waals surface area contributed by atoms with Crippen molar-refractivity contribution in [2.45, 2.75) is 26.7 Å². The summed E-state index contributed by atoms with van der Waals surface area (Å²) >= 11 is 0. The third-order valence-electron chi connectivity index (χ3n) is 2.98. The number of carboxylic acids is 1. The Balaban J connectivity index is 2.63. The molecule has 0 saturated heterocycles. The topological polar surface area (TPSA) is 89.7 Å². The van der Waals surface area contributed by atoms with Gasteiger partial charge in [-0.15, -0.1) is 0 Å². The summed E-state index contributed by atoms with van der Waals surface area (Å²) in [5.41, 5.74) is -1.91. The summed E-state index contributed by atoms with van der Waals surface area (Å²) in [5.74, 6) is -3.64. The zero-order chi connectivity index (χ0) is 16.2. The van der Waals surface area contributed by atoms with E-state index in [9.17, 15) is 23.7 Å². The van der Waals surface area contributed by atoms with Crippen LogP contribution in [0.15, 0.2) is 12.1 Å². The average Bonchev–Trinajstić information content (AvgIpc) is 2.37. The van der Waals surface area contributed by atoms with Crippen LogP contribution >= 0.6 is 0 Å². The summed E-state index contributed by atoms with van der Waals surface area (Å²) in [6, 6.07) is 1.06. The Morgan fingerprint density at radius 1 is 1.38 bits per heavy atom. The molecular weight excluding hydrogens is 288 g/mol. The fourth-order valence-electron chi connectivity index (χ4n) is 1.57. The number of nitro benzene ring substituents is 1. The first-order valence-electron chi connectivity index (χ1n) is 6.15. The van der Waals surface area contributed by atoms with E-state index in [0.29, 0.717) is 25.0 Å². The van der Waals surface area contributed by atoms with Gasteiger partial charge in [0.15, 0.2) is 11.6 Å². The maximum absolute atomic E-state index is 13.5. The number of nitro groups is 1. The van der Waals surface area contributed by atoms with Crippen LogP contribution in [0.5, 0.6) is 5.75 Å². The van der Waals surface area contributed by atoms with Crippen molar-refractivity contribution in [2.24, 2.45) is 5.41 Å². The van der Waals surface area contributed by atoms with E-state index < -0.39 is 39.4 Å². The van der Waals surface area contributed by atoms with E-state index in [1.54, 1.807) is 13.8 Å². The van der Waals surface area contributed by atoms with E-state index in [4.69, 9.17) is 9.84 Å². The van der Waals surface area contributed by atoms with Gasteiger partial charge < -0.3 is 9.84 Å². The van der Waals surface area contributed by atoms with Gasteiger partial charge in [-0.05, 0) is 26.7 Å². The molecule has 0 aliphatic heterocycles. The Bertz CT molecular complexity index is 560. The van der Waals surface area contributed by atoms with Crippen LogP contribution in [0.4, 0.5) is 14.5 Å². The quantitative estimate of drug-likeness (QED) is 0.475. The molecule has 6 nitrogen and oxygen atoms in total. The fourth-order valence-corrected chi connectivity index (χ4v) is 1.57. The number of nitrogens with zero attached hydrogens (tertiary/aromatic N) is 1. The van der Waals surface area contributed by atoms with Crippen LogP contribution in [-0.4, -0.2) is 22.6 Å². The molecule has 0 saturated carbocycles. The maximum atomic E-state index is 13.5. The normalized spacial score (nSPS) is 11.2. The number of carboxylic acid groups (broad SMARTS) is 1. The number of rotatable bonds is 7. The second-order valence-electron chi connectivity index (χ2n) is 5.13. The minimum absolute atomic E-state index is 0.0229. The van der Waals surface area contributed by atoms with Crippen molar-refractivity contribution in [3.63, 3.8) is 0 Å². The van der Waals surface area contributed by atoms with Crippen LogP contribution in [0.2, 0.25) is 0 Å². The Hall–Kier alpha value is -2.25.